The number of nitrogens with zero attached hydrogens (tertiary/aromatic N) is 5. The second kappa shape index (κ2) is 8.34. The molecule has 0 fully saturated rings. The number of urea groups is 1. The Morgan fingerprint density at radius 2 is 2.17 bits per heavy atom. The molecule has 2 N–H and O–H groups in total. The van der Waals surface area contributed by atoms with Crippen molar-refractivity contribution < 1.29 is 9.53 Å². The molecule has 4 aromatic rings. The molecule has 0 saturated heterocycles. The number of halogens is 1. The van der Waals surface area contributed by atoms with E-state index in [9.17, 15) is 4.79 Å². The summed E-state index contributed by atoms with van der Waals surface area (Å²) in [6.45, 7) is 3.81. The fraction of sp³-hybridized carbons (Fsp3) is 0.211. The molecule has 0 saturated carbocycles. The van der Waals surface area contributed by atoms with Crippen molar-refractivity contribution >= 4 is 50.7 Å². The number of anilines is 2. The fourth-order valence-corrected chi connectivity index (χ4v) is 4.06. The molecule has 0 unspecified atom stereocenters. The lowest BCUT2D eigenvalue weighted by molar-refractivity contribution is 0.121. The summed E-state index contributed by atoms with van der Waals surface area (Å²) >= 11 is 7.82. The molecule has 3 heterocycles. The first kappa shape index (κ1) is 20.2. The number of fused-ring (bicyclic) bond motifs is 1. The molecule has 9 nitrogen and oxygen atoms in total. The predicted octanol–water partition coefficient (Wildman–Crippen LogP) is 4.59. The van der Waals surface area contributed by atoms with Crippen molar-refractivity contribution in [2.45, 2.75) is 20.0 Å². The van der Waals surface area contributed by atoms with Gasteiger partial charge in [-0.25, -0.2) is 19.4 Å². The number of ether oxygens (including phenoxy) is 1. The summed E-state index contributed by atoms with van der Waals surface area (Å²) in [5, 5.41) is 14.6. The number of aryl methyl sites for hydroxylation is 1. The van der Waals surface area contributed by atoms with Crippen LogP contribution < -0.4 is 10.6 Å². The largest absolute Gasteiger partial charge is 0.377 e. The van der Waals surface area contributed by atoms with Gasteiger partial charge in [-0.1, -0.05) is 28.2 Å². The molecular weight excluding hydrogens is 426 g/mol. The van der Waals surface area contributed by atoms with E-state index in [1.807, 2.05) is 13.8 Å². The van der Waals surface area contributed by atoms with Gasteiger partial charge in [-0.2, -0.15) is 0 Å². The van der Waals surface area contributed by atoms with Crippen molar-refractivity contribution in [2.75, 3.05) is 17.7 Å². The van der Waals surface area contributed by atoms with Crippen molar-refractivity contribution in [1.82, 2.24) is 25.0 Å². The number of nitrogens with one attached hydrogen (secondary N) is 2. The average Bonchev–Trinajstić information content (AvgIpc) is 3.36. The van der Waals surface area contributed by atoms with Crippen molar-refractivity contribution in [3.63, 3.8) is 0 Å². The Bertz CT molecular complexity index is 1210. The molecule has 0 aliphatic heterocycles. The highest BCUT2D eigenvalue weighted by Crippen LogP contribution is 2.33. The molecular formula is C19H18ClN7O2S. The second-order valence-corrected chi connectivity index (χ2v) is 8.03. The van der Waals surface area contributed by atoms with Crippen LogP contribution in [-0.2, 0) is 4.74 Å². The highest BCUT2D eigenvalue weighted by Gasteiger charge is 2.20. The van der Waals surface area contributed by atoms with Gasteiger partial charge in [0, 0.05) is 18.4 Å². The predicted molar refractivity (Wildman–Crippen MR) is 117 cm³/mol. The number of pyridine rings is 1. The second-order valence-electron chi connectivity index (χ2n) is 6.44. The Kier molecular flexibility index (Phi) is 5.62. The lowest BCUT2D eigenvalue weighted by atomic mass is 10.1. The van der Waals surface area contributed by atoms with Crippen LogP contribution in [0, 0.1) is 6.92 Å². The number of carbonyl (C=O) groups excluding carboxylic acids is 1. The smallest absolute Gasteiger partial charge is 0.323 e. The van der Waals surface area contributed by atoms with Crippen LogP contribution in [-0.4, -0.2) is 38.1 Å². The lowest BCUT2D eigenvalue weighted by Gasteiger charge is -2.16. The van der Waals surface area contributed by atoms with E-state index >= 15 is 0 Å². The number of aromatic nitrogens is 5. The number of rotatable bonds is 5. The minimum atomic E-state index is -0.433. The first-order valence-corrected chi connectivity index (χ1v) is 10.2. The van der Waals surface area contributed by atoms with Gasteiger partial charge in [0.25, 0.3) is 0 Å². The van der Waals surface area contributed by atoms with Gasteiger partial charge in [0.2, 0.25) is 0 Å². The Hall–Kier alpha value is -3.08. The SMILES string of the molecule is CO[C@H](C)c1c(NC(=O)Nc2ccc(-n3ccnn3)c(Cl)c2)cnc2sc(C)nc12. The molecule has 0 aliphatic rings. The maximum absolute atomic E-state index is 12.6. The number of carbonyl (C=O) groups is 1. The van der Waals surface area contributed by atoms with E-state index in [1.165, 1.54) is 11.3 Å². The topological polar surface area (TPSA) is 107 Å². The molecule has 3 aromatic heterocycles. The number of hydrogen-bond acceptors (Lipinski definition) is 7. The lowest BCUT2D eigenvalue weighted by Crippen LogP contribution is -2.21. The molecule has 2 amide bonds. The molecule has 0 bridgehead atoms. The summed E-state index contributed by atoms with van der Waals surface area (Å²) in [5.74, 6) is 0. The van der Waals surface area contributed by atoms with Crippen molar-refractivity contribution in [3.05, 3.63) is 52.4 Å². The number of benzene rings is 1. The first-order valence-electron chi connectivity index (χ1n) is 8.99. The fourth-order valence-electron chi connectivity index (χ4n) is 3.02. The van der Waals surface area contributed by atoms with Crippen LogP contribution in [0.3, 0.4) is 0 Å². The Morgan fingerprint density at radius 1 is 1.33 bits per heavy atom. The summed E-state index contributed by atoms with van der Waals surface area (Å²) in [6.07, 6.45) is 4.58. The quantitative estimate of drug-likeness (QED) is 0.467. The third kappa shape index (κ3) is 3.97. The third-order valence-corrected chi connectivity index (χ3v) is 5.64. The highest BCUT2D eigenvalue weighted by atomic mass is 35.5. The minimum absolute atomic E-state index is 0.274. The average molecular weight is 444 g/mol. The van der Waals surface area contributed by atoms with Crippen LogP contribution in [0.1, 0.15) is 23.6 Å². The summed E-state index contributed by atoms with van der Waals surface area (Å²) in [5.41, 5.74) is 3.22. The van der Waals surface area contributed by atoms with Crippen LogP contribution in [0.2, 0.25) is 5.02 Å². The standard InChI is InChI=1S/C19H18ClN7O2S/c1-10(29-3)16-14(9-21-18-17(16)23-11(2)30-18)25-19(28)24-12-4-5-15(13(20)8-12)27-7-6-22-26-27/h4-10H,1-3H3,(H2,24,25,28)/t10-/m1/s1. The van der Waals surface area contributed by atoms with Gasteiger partial charge < -0.3 is 15.4 Å². The zero-order valence-corrected chi connectivity index (χ0v) is 18.0. The summed E-state index contributed by atoms with van der Waals surface area (Å²) in [4.78, 5) is 22.4. The van der Waals surface area contributed by atoms with Crippen LogP contribution in [0.5, 0.6) is 0 Å². The van der Waals surface area contributed by atoms with Gasteiger partial charge >= 0.3 is 6.03 Å². The monoisotopic (exact) mass is 443 g/mol. The normalized spacial score (nSPS) is 12.1. The van der Waals surface area contributed by atoms with E-state index < -0.39 is 6.03 Å². The van der Waals surface area contributed by atoms with E-state index in [0.717, 1.165) is 20.9 Å². The zero-order chi connectivity index (χ0) is 21.3. The number of hydrogen-bond donors (Lipinski definition) is 2. The van der Waals surface area contributed by atoms with E-state index in [1.54, 1.807) is 48.6 Å². The van der Waals surface area contributed by atoms with E-state index in [2.05, 4.69) is 30.9 Å². The first-order chi connectivity index (χ1) is 14.5. The van der Waals surface area contributed by atoms with Crippen LogP contribution in [0.15, 0.2) is 36.8 Å². The van der Waals surface area contributed by atoms with Crippen LogP contribution >= 0.6 is 22.9 Å². The maximum atomic E-state index is 12.6. The molecule has 0 aliphatic carbocycles. The Balaban J connectivity index is 1.57. The van der Waals surface area contributed by atoms with Gasteiger partial charge in [-0.15, -0.1) is 5.10 Å². The van der Waals surface area contributed by atoms with Crippen molar-refractivity contribution in [3.8, 4) is 5.69 Å². The number of amides is 2. The van der Waals surface area contributed by atoms with Crippen molar-refractivity contribution in [1.29, 1.82) is 0 Å². The molecule has 154 valence electrons. The zero-order valence-electron chi connectivity index (χ0n) is 16.4. The molecule has 0 spiro atoms. The third-order valence-electron chi connectivity index (χ3n) is 4.46. The molecule has 1 atom stereocenters. The number of methoxy groups -OCH3 is 1. The maximum Gasteiger partial charge on any atom is 0.323 e. The summed E-state index contributed by atoms with van der Waals surface area (Å²) in [6, 6.07) is 4.68. The molecule has 0 radical (unpaired) electrons. The van der Waals surface area contributed by atoms with Gasteiger partial charge in [0.05, 0.1) is 46.1 Å². The van der Waals surface area contributed by atoms with Gasteiger partial charge in [0.15, 0.2) is 0 Å². The highest BCUT2D eigenvalue weighted by molar-refractivity contribution is 7.18. The van der Waals surface area contributed by atoms with Crippen LogP contribution in [0.4, 0.5) is 16.2 Å². The molecule has 1 aromatic carbocycles. The van der Waals surface area contributed by atoms with Gasteiger partial charge in [-0.3, -0.25) is 0 Å². The van der Waals surface area contributed by atoms with Crippen LogP contribution in [0.25, 0.3) is 16.0 Å². The van der Waals surface area contributed by atoms with Crippen molar-refractivity contribution in [2.24, 2.45) is 0 Å². The van der Waals surface area contributed by atoms with E-state index in [0.29, 0.717) is 22.1 Å². The molecule has 11 heteroatoms. The Labute approximate surface area is 181 Å². The minimum Gasteiger partial charge on any atom is -0.377 e. The Morgan fingerprint density at radius 3 is 2.87 bits per heavy atom. The summed E-state index contributed by atoms with van der Waals surface area (Å²) < 4.78 is 7.04. The van der Waals surface area contributed by atoms with E-state index in [4.69, 9.17) is 16.3 Å². The van der Waals surface area contributed by atoms with E-state index in [-0.39, 0.29) is 6.10 Å². The molecule has 4 rings (SSSR count). The summed E-state index contributed by atoms with van der Waals surface area (Å²) in [7, 11) is 1.61. The van der Waals surface area contributed by atoms with Gasteiger partial charge in [-0.05, 0) is 32.0 Å². The number of thiazole rings is 1. The molecule has 30 heavy (non-hydrogen) atoms. The van der Waals surface area contributed by atoms with Gasteiger partial charge in [0.1, 0.15) is 10.3 Å².